The van der Waals surface area contributed by atoms with Crippen LogP contribution in [0, 0.1) is 18.3 Å². The lowest BCUT2D eigenvalue weighted by Gasteiger charge is -1.99. The summed E-state index contributed by atoms with van der Waals surface area (Å²) in [6.45, 7) is 1.88. The predicted octanol–water partition coefficient (Wildman–Crippen LogP) is 2.41. The molecule has 0 saturated carbocycles. The number of nitrogens with one attached hydrogen (secondary N) is 1. The minimum Gasteiger partial charge on any atom is -0.369 e. The van der Waals surface area contributed by atoms with Gasteiger partial charge in [0.2, 0.25) is 5.95 Å². The molecule has 0 atom stereocenters. The van der Waals surface area contributed by atoms with Gasteiger partial charge in [-0.15, -0.1) is 11.3 Å². The van der Waals surface area contributed by atoms with Crippen LogP contribution in [0.4, 0.5) is 5.95 Å². The van der Waals surface area contributed by atoms with Gasteiger partial charge in [0, 0.05) is 4.88 Å². The topological polar surface area (TPSA) is 95.6 Å². The van der Waals surface area contributed by atoms with E-state index >= 15 is 0 Å². The van der Waals surface area contributed by atoms with Crippen molar-refractivity contribution < 1.29 is 0 Å². The van der Waals surface area contributed by atoms with Gasteiger partial charge in [-0.2, -0.15) is 5.26 Å². The zero-order valence-electron chi connectivity index (χ0n) is 10.6. The van der Waals surface area contributed by atoms with Crippen molar-refractivity contribution in [1.29, 1.82) is 5.26 Å². The summed E-state index contributed by atoms with van der Waals surface area (Å²) in [6.07, 6.45) is 0. The molecule has 0 amide bonds. The van der Waals surface area contributed by atoms with Gasteiger partial charge in [-0.3, -0.25) is 9.78 Å². The molecule has 2 heterocycles. The van der Waals surface area contributed by atoms with Crippen LogP contribution in [-0.2, 0) is 0 Å². The Kier molecular flexibility index (Phi) is 2.77. The molecule has 0 spiro atoms. The Morgan fingerprint density at radius 2 is 2.25 bits per heavy atom. The van der Waals surface area contributed by atoms with Gasteiger partial charge < -0.3 is 5.73 Å². The molecule has 3 N–H and O–H groups in total. The summed E-state index contributed by atoms with van der Waals surface area (Å²) in [6, 6.07) is 9.39. The highest BCUT2D eigenvalue weighted by molar-refractivity contribution is 7.22. The molecule has 1 aromatic carbocycles. The molecule has 0 radical (unpaired) electrons. The number of nitriles is 1. The van der Waals surface area contributed by atoms with Crippen LogP contribution in [0.1, 0.15) is 11.1 Å². The molecule has 0 aliphatic heterocycles. The number of aromatic nitrogens is 2. The number of nitrogens with zero attached hydrogens (tertiary/aromatic N) is 2. The highest BCUT2D eigenvalue weighted by Crippen LogP contribution is 2.35. The normalized spacial score (nSPS) is 10.6. The molecule has 20 heavy (non-hydrogen) atoms. The number of nitrogen functional groups attached to an aromatic ring is 1. The van der Waals surface area contributed by atoms with E-state index in [1.54, 1.807) is 12.1 Å². The van der Waals surface area contributed by atoms with Crippen LogP contribution in [-0.4, -0.2) is 9.97 Å². The maximum Gasteiger partial charge on any atom is 0.261 e. The molecule has 2 aromatic heterocycles. The van der Waals surface area contributed by atoms with Gasteiger partial charge in [0.25, 0.3) is 5.56 Å². The summed E-state index contributed by atoms with van der Waals surface area (Å²) in [5, 5.41) is 9.53. The van der Waals surface area contributed by atoms with Gasteiger partial charge in [0.1, 0.15) is 4.83 Å². The zero-order valence-corrected chi connectivity index (χ0v) is 11.4. The number of fused-ring (bicyclic) bond motifs is 1. The summed E-state index contributed by atoms with van der Waals surface area (Å²) < 4.78 is 0. The maximum absolute atomic E-state index is 12.0. The molecule has 0 bridgehead atoms. The molecule has 0 saturated heterocycles. The number of nitrogens with two attached hydrogens (primary N) is 1. The van der Waals surface area contributed by atoms with Crippen LogP contribution in [0.3, 0.4) is 0 Å². The Bertz CT molecular complexity index is 917. The van der Waals surface area contributed by atoms with E-state index < -0.39 is 0 Å². The SMILES string of the molecule is Cc1c(-c2cccc(C#N)c2)sc2nc(N)[nH]c(=O)c12. The molecular weight excluding hydrogens is 272 g/mol. The van der Waals surface area contributed by atoms with Gasteiger partial charge in [-0.05, 0) is 30.2 Å². The minimum absolute atomic E-state index is 0.112. The first-order valence-corrected chi connectivity index (χ1v) is 6.71. The van der Waals surface area contributed by atoms with Crippen LogP contribution in [0.15, 0.2) is 29.1 Å². The van der Waals surface area contributed by atoms with E-state index in [0.717, 1.165) is 16.0 Å². The molecule has 0 aliphatic rings. The molecule has 3 aromatic rings. The lowest BCUT2D eigenvalue weighted by molar-refractivity contribution is 1.19. The van der Waals surface area contributed by atoms with Crippen molar-refractivity contribution in [2.75, 3.05) is 5.73 Å². The third kappa shape index (κ3) is 1.85. The molecule has 0 fully saturated rings. The van der Waals surface area contributed by atoms with Crippen LogP contribution in [0.5, 0.6) is 0 Å². The molecular formula is C14H10N4OS. The number of thiophene rings is 1. The second-order valence-electron chi connectivity index (χ2n) is 4.38. The van der Waals surface area contributed by atoms with E-state index in [9.17, 15) is 4.79 Å². The average Bonchev–Trinajstić information content (AvgIpc) is 2.76. The number of hydrogen-bond acceptors (Lipinski definition) is 5. The van der Waals surface area contributed by atoms with Gasteiger partial charge >= 0.3 is 0 Å². The maximum atomic E-state index is 12.0. The van der Waals surface area contributed by atoms with Gasteiger partial charge in [-0.1, -0.05) is 12.1 Å². The third-order valence-electron chi connectivity index (χ3n) is 3.07. The van der Waals surface area contributed by atoms with E-state index in [0.29, 0.717) is 15.8 Å². The number of aromatic amines is 1. The lowest BCUT2D eigenvalue weighted by Crippen LogP contribution is -2.10. The number of hydrogen-bond donors (Lipinski definition) is 2. The number of aryl methyl sites for hydroxylation is 1. The van der Waals surface area contributed by atoms with Crippen LogP contribution >= 0.6 is 11.3 Å². The average molecular weight is 282 g/mol. The van der Waals surface area contributed by atoms with E-state index in [1.807, 2.05) is 19.1 Å². The number of benzene rings is 1. The molecule has 98 valence electrons. The Morgan fingerprint density at radius 1 is 1.45 bits per heavy atom. The van der Waals surface area contributed by atoms with Gasteiger partial charge in [0.05, 0.1) is 17.0 Å². The molecule has 5 nitrogen and oxygen atoms in total. The number of H-pyrrole nitrogens is 1. The first-order valence-electron chi connectivity index (χ1n) is 5.89. The fourth-order valence-electron chi connectivity index (χ4n) is 2.17. The Morgan fingerprint density at radius 3 is 3.00 bits per heavy atom. The van der Waals surface area contributed by atoms with Crippen LogP contribution in [0.2, 0.25) is 0 Å². The van der Waals surface area contributed by atoms with Gasteiger partial charge in [0.15, 0.2) is 0 Å². The number of anilines is 1. The van der Waals surface area contributed by atoms with Crippen molar-refractivity contribution >= 4 is 27.5 Å². The van der Waals surface area contributed by atoms with Crippen LogP contribution in [0.25, 0.3) is 20.7 Å². The predicted molar refractivity (Wildman–Crippen MR) is 79.5 cm³/mol. The monoisotopic (exact) mass is 282 g/mol. The highest BCUT2D eigenvalue weighted by Gasteiger charge is 2.15. The molecule has 3 rings (SSSR count). The fraction of sp³-hybridized carbons (Fsp3) is 0.0714. The summed E-state index contributed by atoms with van der Waals surface area (Å²) >= 11 is 1.40. The van der Waals surface area contributed by atoms with Crippen molar-refractivity contribution in [1.82, 2.24) is 9.97 Å². The van der Waals surface area contributed by atoms with Crippen molar-refractivity contribution in [2.24, 2.45) is 0 Å². The van der Waals surface area contributed by atoms with Crippen molar-refractivity contribution in [3.63, 3.8) is 0 Å². The summed E-state index contributed by atoms with van der Waals surface area (Å²) in [7, 11) is 0. The Hall–Kier alpha value is -2.65. The largest absolute Gasteiger partial charge is 0.369 e. The minimum atomic E-state index is -0.232. The van der Waals surface area contributed by atoms with E-state index in [2.05, 4.69) is 16.0 Å². The standard InChI is InChI=1S/C14H10N4OS/c1-7-10-12(19)17-14(16)18-13(10)20-11(7)9-4-2-3-8(5-9)6-15/h2-5H,1H3,(H3,16,17,18,19). The number of rotatable bonds is 1. The molecule has 0 aliphatic carbocycles. The lowest BCUT2D eigenvalue weighted by atomic mass is 10.1. The first kappa shape index (κ1) is 12.4. The van der Waals surface area contributed by atoms with E-state index in [1.165, 1.54) is 11.3 Å². The first-order chi connectivity index (χ1) is 9.60. The van der Waals surface area contributed by atoms with Crippen molar-refractivity contribution in [3.05, 3.63) is 45.7 Å². The fourth-order valence-corrected chi connectivity index (χ4v) is 3.35. The Balaban J connectivity index is 2.32. The van der Waals surface area contributed by atoms with Crippen molar-refractivity contribution in [3.8, 4) is 16.5 Å². The summed E-state index contributed by atoms with van der Waals surface area (Å²) in [5.41, 5.74) is 7.68. The smallest absolute Gasteiger partial charge is 0.261 e. The Labute approximate surface area is 118 Å². The van der Waals surface area contributed by atoms with Crippen LogP contribution < -0.4 is 11.3 Å². The zero-order chi connectivity index (χ0) is 14.3. The molecule has 0 unspecified atom stereocenters. The third-order valence-corrected chi connectivity index (χ3v) is 4.31. The summed E-state index contributed by atoms with van der Waals surface area (Å²) in [4.78, 5) is 20.2. The van der Waals surface area contributed by atoms with Crippen molar-refractivity contribution in [2.45, 2.75) is 6.92 Å². The summed E-state index contributed by atoms with van der Waals surface area (Å²) in [5.74, 6) is 0.112. The highest BCUT2D eigenvalue weighted by atomic mass is 32.1. The molecule has 6 heteroatoms. The van der Waals surface area contributed by atoms with E-state index in [4.69, 9.17) is 11.0 Å². The second kappa shape index (κ2) is 4.47. The van der Waals surface area contributed by atoms with E-state index in [-0.39, 0.29) is 11.5 Å². The van der Waals surface area contributed by atoms with Gasteiger partial charge in [-0.25, -0.2) is 4.98 Å². The quantitative estimate of drug-likeness (QED) is 0.716. The second-order valence-corrected chi connectivity index (χ2v) is 5.38.